The van der Waals surface area contributed by atoms with Crippen molar-refractivity contribution in [3.8, 4) is 5.88 Å². The van der Waals surface area contributed by atoms with Crippen LogP contribution in [0.3, 0.4) is 0 Å². The van der Waals surface area contributed by atoms with Gasteiger partial charge in [0.05, 0.1) is 11.3 Å². The van der Waals surface area contributed by atoms with E-state index in [9.17, 15) is 5.11 Å². The van der Waals surface area contributed by atoms with Gasteiger partial charge < -0.3 is 19.8 Å². The Morgan fingerprint density at radius 1 is 1.15 bits per heavy atom. The van der Waals surface area contributed by atoms with Crippen LogP contribution >= 0.6 is 15.9 Å². The van der Waals surface area contributed by atoms with Crippen molar-refractivity contribution in [3.05, 3.63) is 58.1 Å². The van der Waals surface area contributed by atoms with Crippen LogP contribution in [0.25, 0.3) is 10.9 Å². The second-order valence-corrected chi connectivity index (χ2v) is 9.90. The molecule has 2 N–H and O–H groups in total. The highest BCUT2D eigenvalue weighted by molar-refractivity contribution is 9.10. The van der Waals surface area contributed by atoms with Gasteiger partial charge in [0.15, 0.2) is 5.88 Å². The zero-order valence-corrected chi connectivity index (χ0v) is 21.0. The number of aromatic hydroxyl groups is 1. The summed E-state index contributed by atoms with van der Waals surface area (Å²) in [7, 11) is 2.17. The van der Waals surface area contributed by atoms with Crippen LogP contribution in [0, 0.1) is 5.92 Å². The van der Waals surface area contributed by atoms with Crippen molar-refractivity contribution in [2.45, 2.75) is 33.1 Å². The second-order valence-electron chi connectivity index (χ2n) is 8.98. The first kappa shape index (κ1) is 23.5. The number of nitrogens with one attached hydrogen (secondary N) is 1. The van der Waals surface area contributed by atoms with Crippen molar-refractivity contribution in [2.75, 3.05) is 26.7 Å². The molecule has 4 rings (SSSR count). The third kappa shape index (κ3) is 5.47. The van der Waals surface area contributed by atoms with Gasteiger partial charge in [0.2, 0.25) is 0 Å². The Kier molecular flexibility index (Phi) is 7.50. The predicted octanol–water partition coefficient (Wildman–Crippen LogP) is 6.25. The van der Waals surface area contributed by atoms with Gasteiger partial charge >= 0.3 is 0 Å². The van der Waals surface area contributed by atoms with Crippen LogP contribution in [0.15, 0.2) is 57.1 Å². The van der Waals surface area contributed by atoms with Gasteiger partial charge in [-0.3, -0.25) is 0 Å². The van der Waals surface area contributed by atoms with E-state index in [-0.39, 0.29) is 5.88 Å². The number of aliphatic imine (C=N–C) groups is 1. The zero-order valence-electron chi connectivity index (χ0n) is 19.4. The number of benzene rings is 2. The topological polar surface area (TPSA) is 73.2 Å². The highest BCUT2D eigenvalue weighted by Gasteiger charge is 2.29. The van der Waals surface area contributed by atoms with Crippen molar-refractivity contribution in [1.29, 1.82) is 0 Å². The Morgan fingerprint density at radius 2 is 1.97 bits per heavy atom. The van der Waals surface area contributed by atoms with E-state index in [0.717, 1.165) is 58.5 Å². The summed E-state index contributed by atoms with van der Waals surface area (Å²) in [4.78, 5) is 16.0. The number of halogens is 1. The third-order valence-electron chi connectivity index (χ3n) is 5.86. The van der Waals surface area contributed by atoms with Crippen molar-refractivity contribution in [3.63, 3.8) is 0 Å². The largest absolute Gasteiger partial charge is 0.494 e. The fourth-order valence-corrected chi connectivity index (χ4v) is 4.34. The van der Waals surface area contributed by atoms with Crippen LogP contribution in [0.2, 0.25) is 0 Å². The van der Waals surface area contributed by atoms with Gasteiger partial charge in [0.25, 0.3) is 0 Å². The maximum atomic E-state index is 10.7. The molecule has 1 aromatic heterocycles. The molecule has 0 amide bonds. The Balaban J connectivity index is 1.48. The molecule has 1 aliphatic rings. The van der Waals surface area contributed by atoms with E-state index in [1.807, 2.05) is 42.5 Å². The van der Waals surface area contributed by atoms with Crippen LogP contribution in [0.4, 0.5) is 5.69 Å². The molecule has 0 spiro atoms. The summed E-state index contributed by atoms with van der Waals surface area (Å²) in [5.74, 6) is 0.807. The van der Waals surface area contributed by atoms with E-state index >= 15 is 0 Å². The molecule has 2 heterocycles. The number of aromatic amines is 1. The van der Waals surface area contributed by atoms with E-state index < -0.39 is 0 Å². The average molecular weight is 511 g/mol. The van der Waals surface area contributed by atoms with Gasteiger partial charge in [0, 0.05) is 20.9 Å². The first-order valence-electron chi connectivity index (χ1n) is 11.5. The summed E-state index contributed by atoms with van der Waals surface area (Å²) >= 11 is 3.53. The predicted molar refractivity (Wildman–Crippen MR) is 139 cm³/mol. The van der Waals surface area contributed by atoms with Crippen molar-refractivity contribution >= 4 is 43.9 Å². The summed E-state index contributed by atoms with van der Waals surface area (Å²) in [6, 6.07) is 13.7. The van der Waals surface area contributed by atoms with Crippen molar-refractivity contribution < 1.29 is 9.94 Å². The lowest BCUT2D eigenvalue weighted by atomic mass is 10.0. The zero-order chi connectivity index (χ0) is 23.4. The highest BCUT2D eigenvalue weighted by Crippen LogP contribution is 2.36. The number of unbranched alkanes of at least 4 members (excludes halogenated alkanes) is 1. The van der Waals surface area contributed by atoms with Crippen LogP contribution in [0.5, 0.6) is 5.88 Å². The molecule has 33 heavy (non-hydrogen) atoms. The van der Waals surface area contributed by atoms with E-state index in [1.54, 1.807) is 0 Å². The Bertz CT molecular complexity index is 1180. The molecular weight excluding hydrogens is 480 g/mol. The van der Waals surface area contributed by atoms with E-state index in [0.29, 0.717) is 23.6 Å². The molecule has 0 aliphatic carbocycles. The van der Waals surface area contributed by atoms with Gasteiger partial charge in [-0.1, -0.05) is 53.1 Å². The molecule has 3 aromatic rings. The number of hydrogen-bond acceptors (Lipinski definition) is 5. The lowest BCUT2D eigenvalue weighted by Gasteiger charge is -2.17. The molecule has 0 radical (unpaired) electrons. The van der Waals surface area contributed by atoms with Gasteiger partial charge in [0.1, 0.15) is 18.0 Å². The summed E-state index contributed by atoms with van der Waals surface area (Å²) in [6.45, 7) is 7.24. The maximum Gasteiger partial charge on any atom is 0.199 e. The molecule has 1 aliphatic heterocycles. The molecule has 6 nitrogen and oxygen atoms in total. The first-order chi connectivity index (χ1) is 15.9. The van der Waals surface area contributed by atoms with Crippen molar-refractivity contribution in [1.82, 2.24) is 9.88 Å². The highest BCUT2D eigenvalue weighted by atomic mass is 79.9. The molecule has 7 heteroatoms. The van der Waals surface area contributed by atoms with Gasteiger partial charge in [-0.05, 0) is 69.6 Å². The average Bonchev–Trinajstić information content (AvgIpc) is 3.30. The molecular formula is C26H31BrN4O2. The van der Waals surface area contributed by atoms with Crippen LogP contribution in [-0.4, -0.2) is 53.2 Å². The molecule has 0 saturated heterocycles. The third-order valence-corrected chi connectivity index (χ3v) is 6.36. The first-order valence-corrected chi connectivity index (χ1v) is 12.3. The number of H-pyrrole nitrogens is 1. The number of rotatable bonds is 10. The lowest BCUT2D eigenvalue weighted by molar-refractivity contribution is 0.138. The Morgan fingerprint density at radius 3 is 2.79 bits per heavy atom. The number of oxime groups is 1. The minimum Gasteiger partial charge on any atom is -0.494 e. The number of aromatic nitrogens is 1. The molecule has 0 atom stereocenters. The smallest absolute Gasteiger partial charge is 0.199 e. The lowest BCUT2D eigenvalue weighted by Crippen LogP contribution is -2.22. The number of hydrogen-bond donors (Lipinski definition) is 2. The van der Waals surface area contributed by atoms with Crippen molar-refractivity contribution in [2.24, 2.45) is 16.1 Å². The van der Waals surface area contributed by atoms with Crippen LogP contribution < -0.4 is 0 Å². The monoisotopic (exact) mass is 510 g/mol. The fraction of sp³-hybridized carbons (Fsp3) is 0.385. The maximum absolute atomic E-state index is 10.7. The molecule has 0 saturated carbocycles. The summed E-state index contributed by atoms with van der Waals surface area (Å²) in [6.07, 6.45) is 3.22. The van der Waals surface area contributed by atoms with E-state index in [1.165, 1.54) is 6.42 Å². The van der Waals surface area contributed by atoms with Gasteiger partial charge in [-0.15, -0.1) is 0 Å². The minimum absolute atomic E-state index is 0.0757. The van der Waals surface area contributed by atoms with Gasteiger partial charge in [-0.2, -0.15) is 0 Å². The summed E-state index contributed by atoms with van der Waals surface area (Å²) in [5, 5.41) is 16.1. The Hall–Kier alpha value is -2.64. The quantitative estimate of drug-likeness (QED) is 0.250. The van der Waals surface area contributed by atoms with Crippen LogP contribution in [-0.2, 0) is 4.84 Å². The SMILES string of the molecule is CC(C)CCN(C)CCCCON=C1C(c2c(O)[nH]c3ccc(Br)cc23)=Nc2ccccc21. The molecule has 0 unspecified atom stereocenters. The van der Waals surface area contributed by atoms with E-state index in [4.69, 9.17) is 9.83 Å². The molecule has 0 fully saturated rings. The molecule has 0 bridgehead atoms. The number of para-hydroxylation sites is 1. The van der Waals surface area contributed by atoms with E-state index in [2.05, 4.69) is 51.9 Å². The normalized spacial score (nSPS) is 14.5. The molecule has 174 valence electrons. The second kappa shape index (κ2) is 10.5. The number of nitrogens with zero attached hydrogens (tertiary/aromatic N) is 3. The van der Waals surface area contributed by atoms with Crippen LogP contribution in [0.1, 0.15) is 44.2 Å². The molecule has 2 aromatic carbocycles. The summed E-state index contributed by atoms with van der Waals surface area (Å²) < 4.78 is 0.930. The number of fused-ring (bicyclic) bond motifs is 2. The van der Waals surface area contributed by atoms with Gasteiger partial charge in [-0.25, -0.2) is 4.99 Å². The fourth-order valence-electron chi connectivity index (χ4n) is 3.98. The standard InChI is InChI=1S/C26H31BrN4O2/c1-17(2)12-14-31(3)13-6-7-15-33-30-24-19-8-4-5-9-21(19)28-25(24)23-20-16-18(27)10-11-22(20)29-26(23)32/h4-5,8-11,16-17,29,32H,6-7,12-15H2,1-3H3. The summed E-state index contributed by atoms with van der Waals surface area (Å²) in [5.41, 5.74) is 4.47. The Labute approximate surface area is 203 Å². The minimum atomic E-state index is 0.0757.